The molecule has 2 aliphatic heterocycles. The van der Waals surface area contributed by atoms with Gasteiger partial charge in [-0.15, -0.1) is 0 Å². The molecule has 3 N–H and O–H groups in total. The van der Waals surface area contributed by atoms with Gasteiger partial charge in [0, 0.05) is 53.1 Å². The molecule has 1 aromatic heterocycles. The van der Waals surface area contributed by atoms with E-state index >= 15 is 0 Å². The first-order valence-corrected chi connectivity index (χ1v) is 11.8. The van der Waals surface area contributed by atoms with Crippen LogP contribution in [-0.2, 0) is 24.1 Å². The average molecular weight is 595 g/mol. The molecule has 1 atom stereocenters. The number of carbonyl (C=O) groups is 1. The Bertz CT molecular complexity index is 1060. The molecule has 178 valence electrons. The molecule has 1 amide bonds. The molecule has 7 nitrogen and oxygen atoms in total. The van der Waals surface area contributed by atoms with Crippen molar-refractivity contribution in [2.75, 3.05) is 24.1 Å². The van der Waals surface area contributed by atoms with Crippen LogP contribution in [0, 0.1) is 5.92 Å². The summed E-state index contributed by atoms with van der Waals surface area (Å²) in [6, 6.07) is 2.92. The summed E-state index contributed by atoms with van der Waals surface area (Å²) in [5.74, 6) is 0.460. The third-order valence-electron chi connectivity index (χ3n) is 6.01. The normalized spacial score (nSPS) is 18.3. The Hall–Kier alpha value is -1.86. The molecular weight excluding hydrogens is 572 g/mol. The van der Waals surface area contributed by atoms with Crippen molar-refractivity contribution in [3.05, 3.63) is 45.9 Å². The zero-order valence-electron chi connectivity index (χ0n) is 17.8. The number of hydrogen-bond acceptors (Lipinski definition) is 6. The Labute approximate surface area is 208 Å². The number of nitrogen functional groups attached to an aromatic ring is 1. The van der Waals surface area contributed by atoms with Crippen LogP contribution >= 0.6 is 34.5 Å². The Balaban J connectivity index is 1.54. The van der Waals surface area contributed by atoms with E-state index < -0.39 is 17.8 Å². The van der Waals surface area contributed by atoms with E-state index in [4.69, 9.17) is 17.3 Å². The maximum atomic E-state index is 13.2. The first kappa shape index (κ1) is 24.3. The van der Waals surface area contributed by atoms with Gasteiger partial charge in [0.25, 0.3) is 0 Å². The number of hydrogen-bond donors (Lipinski definition) is 2. The molecule has 0 aliphatic carbocycles. The number of anilines is 2. The lowest BCUT2D eigenvalue weighted by Crippen LogP contribution is -2.37. The second kappa shape index (κ2) is 9.41. The first-order valence-electron chi connectivity index (χ1n) is 10.5. The van der Waals surface area contributed by atoms with Crippen molar-refractivity contribution in [1.82, 2.24) is 18.0 Å². The number of carbonyl (C=O) groups excluding carboxylic acids is 1. The quantitative estimate of drug-likeness (QED) is 0.229. The van der Waals surface area contributed by atoms with Crippen molar-refractivity contribution in [1.29, 1.82) is 0 Å². The fraction of sp³-hybridized carbons (Fsp3) is 0.476. The Morgan fingerprint density at radius 3 is 2.61 bits per heavy atom. The van der Waals surface area contributed by atoms with Crippen LogP contribution in [0.2, 0.25) is 5.28 Å². The zero-order chi connectivity index (χ0) is 23.9. The summed E-state index contributed by atoms with van der Waals surface area (Å²) < 4.78 is 41.8. The molecule has 0 saturated carbocycles. The fourth-order valence-electron chi connectivity index (χ4n) is 4.23. The Kier molecular flexibility index (Phi) is 6.92. The Morgan fingerprint density at radius 1 is 1.24 bits per heavy atom. The Morgan fingerprint density at radius 2 is 1.94 bits per heavy atom. The van der Waals surface area contributed by atoms with Gasteiger partial charge in [0.2, 0.25) is 11.2 Å². The molecule has 2 aromatic rings. The van der Waals surface area contributed by atoms with E-state index in [9.17, 15) is 18.0 Å². The SMILES string of the molecule is C[C@@H](Nc1nc(Cl)nc2c1CN(C(=O)C1CCN(I)CC1)C2)c1cc(N)cc(C(F)(F)F)c1. The molecule has 4 rings (SSSR count). The standard InChI is InChI=1S/C21H23ClF3IN6O/c1-11(13-6-14(21(23,24)25)8-15(27)7-13)28-18-16-9-31(10-17(16)29-20(22)30-18)19(33)12-2-4-32(26)5-3-12/h6-8,11-12H,2-5,9-10,27H2,1H3,(H,28,29,30)/t11-/m1/s1. The van der Waals surface area contributed by atoms with Crippen molar-refractivity contribution in [2.24, 2.45) is 5.92 Å². The van der Waals surface area contributed by atoms with E-state index in [1.807, 2.05) is 0 Å². The predicted octanol–water partition coefficient (Wildman–Crippen LogP) is 4.81. The topological polar surface area (TPSA) is 87.4 Å². The van der Waals surface area contributed by atoms with Gasteiger partial charge in [-0.25, -0.2) is 13.1 Å². The summed E-state index contributed by atoms with van der Waals surface area (Å²) in [5.41, 5.74) is 6.66. The second-order valence-corrected chi connectivity index (χ2v) is 10.1. The highest BCUT2D eigenvalue weighted by Gasteiger charge is 2.34. The van der Waals surface area contributed by atoms with Gasteiger partial charge in [-0.05, 0) is 55.1 Å². The van der Waals surface area contributed by atoms with Gasteiger partial charge < -0.3 is 16.0 Å². The summed E-state index contributed by atoms with van der Waals surface area (Å²) in [4.78, 5) is 23.4. The highest BCUT2D eigenvalue weighted by Crippen LogP contribution is 2.35. The minimum Gasteiger partial charge on any atom is -0.399 e. The van der Waals surface area contributed by atoms with Crippen LogP contribution < -0.4 is 11.1 Å². The number of aromatic nitrogens is 2. The summed E-state index contributed by atoms with van der Waals surface area (Å²) in [6.07, 6.45) is -2.89. The molecule has 1 fully saturated rings. The number of fused-ring (bicyclic) bond motifs is 1. The summed E-state index contributed by atoms with van der Waals surface area (Å²) in [7, 11) is 0. The average Bonchev–Trinajstić information content (AvgIpc) is 3.17. The molecule has 1 aromatic carbocycles. The van der Waals surface area contributed by atoms with Gasteiger partial charge in [0.1, 0.15) is 5.82 Å². The van der Waals surface area contributed by atoms with E-state index in [2.05, 4.69) is 41.3 Å². The third-order valence-corrected chi connectivity index (χ3v) is 7.15. The van der Waals surface area contributed by atoms with Gasteiger partial charge in [-0.2, -0.15) is 13.2 Å². The minimum absolute atomic E-state index is 0.0134. The van der Waals surface area contributed by atoms with Gasteiger partial charge >= 0.3 is 6.18 Å². The van der Waals surface area contributed by atoms with Crippen LogP contribution in [0.1, 0.15) is 48.2 Å². The highest BCUT2D eigenvalue weighted by molar-refractivity contribution is 14.1. The first-order chi connectivity index (χ1) is 15.5. The number of alkyl halides is 3. The molecule has 3 heterocycles. The van der Waals surface area contributed by atoms with Crippen LogP contribution in [0.15, 0.2) is 18.2 Å². The number of benzene rings is 1. The molecular formula is C21H23ClF3IN6O. The molecule has 0 radical (unpaired) electrons. The molecule has 33 heavy (non-hydrogen) atoms. The maximum Gasteiger partial charge on any atom is 0.416 e. The second-order valence-electron chi connectivity index (χ2n) is 8.40. The monoisotopic (exact) mass is 594 g/mol. The van der Waals surface area contributed by atoms with E-state index in [0.717, 1.165) is 43.6 Å². The van der Waals surface area contributed by atoms with Crippen LogP contribution in [-0.4, -0.2) is 37.0 Å². The predicted molar refractivity (Wildman–Crippen MR) is 128 cm³/mol. The largest absolute Gasteiger partial charge is 0.416 e. The van der Waals surface area contributed by atoms with Crippen LogP contribution in [0.4, 0.5) is 24.7 Å². The van der Waals surface area contributed by atoms with Crippen LogP contribution in [0.3, 0.4) is 0 Å². The number of halogens is 5. The minimum atomic E-state index is -4.50. The number of nitrogens with two attached hydrogens (primary N) is 1. The maximum absolute atomic E-state index is 13.2. The molecule has 2 aliphatic rings. The smallest absolute Gasteiger partial charge is 0.399 e. The van der Waals surface area contributed by atoms with Crippen molar-refractivity contribution < 1.29 is 18.0 Å². The molecule has 0 bridgehead atoms. The number of nitrogens with one attached hydrogen (secondary N) is 1. The van der Waals surface area contributed by atoms with Crippen molar-refractivity contribution in [3.8, 4) is 0 Å². The number of nitrogens with zero attached hydrogens (tertiary/aromatic N) is 4. The van der Waals surface area contributed by atoms with Crippen molar-refractivity contribution >= 4 is 51.9 Å². The van der Waals surface area contributed by atoms with E-state index in [1.54, 1.807) is 11.8 Å². The lowest BCUT2D eigenvalue weighted by molar-refractivity contribution is -0.138. The summed E-state index contributed by atoms with van der Waals surface area (Å²) in [6.45, 7) is 4.12. The molecule has 12 heteroatoms. The lowest BCUT2D eigenvalue weighted by Gasteiger charge is -2.29. The third kappa shape index (κ3) is 5.46. The van der Waals surface area contributed by atoms with Crippen molar-refractivity contribution in [2.45, 2.75) is 45.1 Å². The van der Waals surface area contributed by atoms with Gasteiger partial charge in [0.15, 0.2) is 0 Å². The van der Waals surface area contributed by atoms with Crippen LogP contribution in [0.25, 0.3) is 0 Å². The summed E-state index contributed by atoms with van der Waals surface area (Å²) in [5, 5.41) is 3.16. The molecule has 0 spiro atoms. The summed E-state index contributed by atoms with van der Waals surface area (Å²) >= 11 is 8.39. The zero-order valence-corrected chi connectivity index (χ0v) is 20.7. The van der Waals surface area contributed by atoms with E-state index in [1.165, 1.54) is 6.07 Å². The number of rotatable bonds is 4. The fourth-order valence-corrected chi connectivity index (χ4v) is 4.98. The van der Waals surface area contributed by atoms with Gasteiger partial charge in [0.05, 0.1) is 30.4 Å². The molecule has 1 saturated heterocycles. The van der Waals surface area contributed by atoms with E-state index in [0.29, 0.717) is 30.2 Å². The van der Waals surface area contributed by atoms with Gasteiger partial charge in [-0.3, -0.25) is 4.79 Å². The number of piperidine rings is 1. The molecule has 0 unspecified atom stereocenters. The van der Waals surface area contributed by atoms with Crippen molar-refractivity contribution in [3.63, 3.8) is 0 Å². The lowest BCUT2D eigenvalue weighted by atomic mass is 9.97. The highest BCUT2D eigenvalue weighted by atomic mass is 127. The van der Waals surface area contributed by atoms with Crippen LogP contribution in [0.5, 0.6) is 0 Å². The van der Waals surface area contributed by atoms with Gasteiger partial charge in [-0.1, -0.05) is 0 Å². The van der Waals surface area contributed by atoms with E-state index in [-0.39, 0.29) is 22.8 Å². The number of amides is 1.